The summed E-state index contributed by atoms with van der Waals surface area (Å²) in [6.07, 6.45) is 8.34. The Morgan fingerprint density at radius 3 is 2.42 bits per heavy atom. The van der Waals surface area contributed by atoms with Crippen molar-refractivity contribution in [2.45, 2.75) is 69.6 Å². The molecule has 1 amide bonds. The third-order valence-corrected chi connectivity index (χ3v) is 9.12. The van der Waals surface area contributed by atoms with Gasteiger partial charge in [-0.3, -0.25) is 4.79 Å². The average Bonchev–Trinajstić information content (AvgIpc) is 3.38. The van der Waals surface area contributed by atoms with Gasteiger partial charge in [-0.05, 0) is 72.4 Å². The van der Waals surface area contributed by atoms with Gasteiger partial charge in [0.1, 0.15) is 17.3 Å². The van der Waals surface area contributed by atoms with E-state index in [9.17, 15) is 13.6 Å². The van der Waals surface area contributed by atoms with E-state index in [1.165, 1.54) is 43.5 Å². The first-order valence-electron chi connectivity index (χ1n) is 14.5. The van der Waals surface area contributed by atoms with Crippen LogP contribution in [0.4, 0.5) is 8.78 Å². The molecule has 11 heteroatoms. The van der Waals surface area contributed by atoms with Crippen molar-refractivity contribution >= 4 is 46.7 Å². The van der Waals surface area contributed by atoms with Crippen molar-refractivity contribution in [2.75, 3.05) is 0 Å². The summed E-state index contributed by atoms with van der Waals surface area (Å²) >= 11 is 18.5. The van der Waals surface area contributed by atoms with Crippen LogP contribution in [0.2, 0.25) is 15.1 Å². The molecule has 3 aromatic rings. The van der Waals surface area contributed by atoms with Crippen LogP contribution in [-0.4, -0.2) is 17.5 Å². The van der Waals surface area contributed by atoms with Gasteiger partial charge in [-0.15, -0.1) is 0 Å². The van der Waals surface area contributed by atoms with Gasteiger partial charge in [0.05, 0.1) is 5.02 Å². The van der Waals surface area contributed by atoms with E-state index in [4.69, 9.17) is 34.8 Å². The maximum atomic E-state index is 14.2. The zero-order chi connectivity index (χ0) is 30.4. The largest absolute Gasteiger partial charge is 0.352 e. The van der Waals surface area contributed by atoms with E-state index in [0.717, 1.165) is 37.3 Å². The van der Waals surface area contributed by atoms with Gasteiger partial charge < -0.3 is 10.6 Å². The zero-order valence-electron chi connectivity index (χ0n) is 23.5. The molecule has 0 radical (unpaired) electrons. The van der Waals surface area contributed by atoms with Gasteiger partial charge in [0.25, 0.3) is 5.91 Å². The van der Waals surface area contributed by atoms with E-state index in [1.807, 2.05) is 24.3 Å². The highest BCUT2D eigenvalue weighted by Crippen LogP contribution is 2.39. The predicted octanol–water partition coefficient (Wildman–Crippen LogP) is 8.10. The van der Waals surface area contributed by atoms with E-state index >= 15 is 0 Å². The van der Waals surface area contributed by atoms with Gasteiger partial charge in [0.15, 0.2) is 0 Å². The molecular formula is C32H34Cl3F2N5O. The molecule has 228 valence electrons. The molecule has 0 bridgehead atoms. The first-order chi connectivity index (χ1) is 20.7. The fraction of sp³-hybridized carbons (Fsp3) is 0.375. The number of amides is 1. The molecule has 6 nitrogen and oxygen atoms in total. The van der Waals surface area contributed by atoms with Crippen LogP contribution in [-0.2, 0) is 6.54 Å². The number of hydrogen-bond donors (Lipinski definition) is 4. The molecule has 1 aliphatic carbocycles. The van der Waals surface area contributed by atoms with Crippen LogP contribution in [0.3, 0.4) is 0 Å². The van der Waals surface area contributed by atoms with Crippen molar-refractivity contribution in [1.82, 2.24) is 21.5 Å². The van der Waals surface area contributed by atoms with Gasteiger partial charge >= 0.3 is 0 Å². The Morgan fingerprint density at radius 1 is 0.930 bits per heavy atom. The number of nitrogens with zero attached hydrogens (tertiary/aromatic N) is 1. The second-order valence-electron chi connectivity index (χ2n) is 11.2. The van der Waals surface area contributed by atoms with Crippen molar-refractivity contribution in [3.63, 3.8) is 0 Å². The Hall–Kier alpha value is -2.75. The van der Waals surface area contributed by atoms with Crippen LogP contribution in [0, 0.1) is 17.6 Å². The summed E-state index contributed by atoms with van der Waals surface area (Å²) in [4.78, 5) is 17.7. The normalized spacial score (nSPS) is 21.7. The smallest absolute Gasteiger partial charge is 0.280 e. The lowest BCUT2D eigenvalue weighted by molar-refractivity contribution is 0.1000. The lowest BCUT2D eigenvalue weighted by Crippen LogP contribution is -2.64. The first kappa shape index (κ1) is 31.7. The molecule has 43 heavy (non-hydrogen) atoms. The Bertz CT molecular complexity index is 1480. The van der Waals surface area contributed by atoms with Crippen molar-refractivity contribution < 1.29 is 13.6 Å². The lowest BCUT2D eigenvalue weighted by atomic mass is 9.79. The summed E-state index contributed by atoms with van der Waals surface area (Å²) in [6, 6.07) is 15.6. The van der Waals surface area contributed by atoms with Crippen LogP contribution in [0.1, 0.15) is 78.9 Å². The SMILES string of the molecule is O=C(/N=C(/NCc1ccc(F)cc1Cl)NC1(C2CCCCCCC2)CC(c2cccc(Cl)c2)NN1)c1ccc(Cl)c(F)c1. The lowest BCUT2D eigenvalue weighted by Gasteiger charge is -2.40. The Balaban J connectivity index is 1.49. The Kier molecular flexibility index (Phi) is 10.6. The number of carbonyl (C=O) groups is 1. The molecule has 1 saturated heterocycles. The van der Waals surface area contributed by atoms with E-state index < -0.39 is 23.2 Å². The summed E-state index contributed by atoms with van der Waals surface area (Å²) in [5.74, 6) is -1.42. The van der Waals surface area contributed by atoms with Gasteiger partial charge in [-0.2, -0.15) is 4.99 Å². The van der Waals surface area contributed by atoms with Crippen LogP contribution in [0.25, 0.3) is 0 Å². The number of hydrazine groups is 1. The Morgan fingerprint density at radius 2 is 1.70 bits per heavy atom. The summed E-state index contributed by atoms with van der Waals surface area (Å²) in [5, 5.41) is 7.58. The highest BCUT2D eigenvalue weighted by atomic mass is 35.5. The van der Waals surface area contributed by atoms with Crippen LogP contribution in [0.15, 0.2) is 65.7 Å². The number of hydrogen-bond acceptors (Lipinski definition) is 3. The predicted molar refractivity (Wildman–Crippen MR) is 168 cm³/mol. The molecular weight excluding hydrogens is 615 g/mol. The zero-order valence-corrected chi connectivity index (χ0v) is 25.8. The topological polar surface area (TPSA) is 77.5 Å². The summed E-state index contributed by atoms with van der Waals surface area (Å²) in [5.41, 5.74) is 8.02. The van der Waals surface area contributed by atoms with Crippen LogP contribution < -0.4 is 21.5 Å². The fourth-order valence-electron chi connectivity index (χ4n) is 5.93. The van der Waals surface area contributed by atoms with Crippen molar-refractivity contribution in [3.8, 4) is 0 Å². The quantitative estimate of drug-likeness (QED) is 0.161. The fourth-order valence-corrected chi connectivity index (χ4v) is 6.48. The highest BCUT2D eigenvalue weighted by Gasteiger charge is 2.46. The number of benzene rings is 3. The second kappa shape index (κ2) is 14.4. The molecule has 2 aliphatic rings. The van der Waals surface area contributed by atoms with Gasteiger partial charge in [-0.25, -0.2) is 19.6 Å². The minimum Gasteiger partial charge on any atom is -0.352 e. The van der Waals surface area contributed by atoms with Gasteiger partial charge in [-0.1, -0.05) is 85.1 Å². The van der Waals surface area contributed by atoms with Crippen LogP contribution in [0.5, 0.6) is 0 Å². The summed E-state index contributed by atoms with van der Waals surface area (Å²) in [7, 11) is 0. The number of aliphatic imine (C=N–C) groups is 1. The molecule has 2 unspecified atom stereocenters. The number of nitrogens with one attached hydrogen (secondary N) is 4. The molecule has 3 aromatic carbocycles. The summed E-state index contributed by atoms with van der Waals surface area (Å²) < 4.78 is 27.9. The van der Waals surface area contributed by atoms with E-state index in [-0.39, 0.29) is 40.1 Å². The minimum absolute atomic E-state index is 0.0529. The molecule has 5 rings (SSSR count). The second-order valence-corrected chi connectivity index (χ2v) is 12.5. The molecule has 0 aromatic heterocycles. The third kappa shape index (κ3) is 8.05. The number of rotatable bonds is 6. The Labute approximate surface area is 265 Å². The molecule has 1 saturated carbocycles. The standard InChI is InChI=1S/C32H34Cl3F2N5O/c33-24-10-6-7-20(15-24)29-18-32(42-41-29,23-8-4-2-1-3-5-9-23)40-31(38-19-22-11-13-25(36)17-27(22)35)39-30(43)21-12-14-26(34)28(37)16-21/h6-7,10-17,23,29,41-42H,1-5,8-9,18-19H2,(H2,38,39,40,43). The highest BCUT2D eigenvalue weighted by molar-refractivity contribution is 6.31. The van der Waals surface area contributed by atoms with E-state index in [1.54, 1.807) is 6.07 Å². The molecule has 4 N–H and O–H groups in total. The monoisotopic (exact) mass is 647 g/mol. The van der Waals surface area contributed by atoms with Crippen molar-refractivity contribution in [2.24, 2.45) is 10.9 Å². The van der Waals surface area contributed by atoms with E-state index in [0.29, 0.717) is 17.0 Å². The van der Waals surface area contributed by atoms with Crippen molar-refractivity contribution in [3.05, 3.63) is 104 Å². The van der Waals surface area contributed by atoms with E-state index in [2.05, 4.69) is 26.5 Å². The third-order valence-electron chi connectivity index (χ3n) is 8.23. The van der Waals surface area contributed by atoms with Crippen molar-refractivity contribution in [1.29, 1.82) is 0 Å². The molecule has 1 heterocycles. The minimum atomic E-state index is -0.708. The molecule has 2 fully saturated rings. The first-order valence-corrected chi connectivity index (χ1v) is 15.7. The average molecular weight is 649 g/mol. The molecule has 0 spiro atoms. The molecule has 2 atom stereocenters. The molecule has 1 aliphatic heterocycles. The van der Waals surface area contributed by atoms with Gasteiger partial charge in [0, 0.05) is 34.6 Å². The number of carbonyl (C=O) groups excluding carboxylic acids is 1. The maximum Gasteiger partial charge on any atom is 0.280 e. The number of halogens is 5. The maximum absolute atomic E-state index is 14.2. The summed E-state index contributed by atoms with van der Waals surface area (Å²) in [6.45, 7) is 0.166. The number of guanidine groups is 1. The van der Waals surface area contributed by atoms with Gasteiger partial charge in [0.2, 0.25) is 5.96 Å². The van der Waals surface area contributed by atoms with Crippen LogP contribution >= 0.6 is 34.8 Å².